The number of aromatic nitrogens is 9. The number of fused-ring (bicyclic) bond motifs is 1. The van der Waals surface area contributed by atoms with E-state index in [1.165, 1.54) is 49.8 Å². The number of nitrogens with one attached hydrogen (secondary N) is 2. The average Bonchev–Trinajstić information content (AvgIpc) is 3.87. The zero-order valence-electron chi connectivity index (χ0n) is 27.3. The van der Waals surface area contributed by atoms with Crippen LogP contribution in [-0.4, -0.2) is 99.3 Å². The maximum Gasteiger partial charge on any atom is 0.337 e. The second kappa shape index (κ2) is 15.5. The van der Waals surface area contributed by atoms with Gasteiger partial charge >= 0.3 is 11.9 Å². The smallest absolute Gasteiger partial charge is 0.337 e. The molecule has 0 aliphatic heterocycles. The van der Waals surface area contributed by atoms with Crippen LogP contribution in [0.2, 0.25) is 0 Å². The molecule has 0 bridgehead atoms. The number of carbonyl (C=O) groups is 4. The third-order valence-corrected chi connectivity index (χ3v) is 7.34. The van der Waals surface area contributed by atoms with Crippen LogP contribution >= 0.6 is 0 Å². The van der Waals surface area contributed by atoms with Crippen LogP contribution in [0, 0.1) is 5.82 Å². The van der Waals surface area contributed by atoms with E-state index in [1.807, 2.05) is 0 Å². The molecule has 0 fully saturated rings. The Morgan fingerprint density at radius 3 is 2.09 bits per heavy atom. The number of anilines is 2. The molecule has 270 valence electrons. The first kappa shape index (κ1) is 35.3. The number of hydrogen-bond donors (Lipinski definition) is 4. The number of benzene rings is 2. The van der Waals surface area contributed by atoms with Gasteiger partial charge in [-0.15, -0.1) is 25.0 Å². The number of methoxy groups -OCH3 is 1. The molecule has 0 aliphatic rings. The maximum atomic E-state index is 14.8. The molecule has 20 nitrogen and oxygen atoms in total. The number of carbonyl (C=O) groups excluding carboxylic acids is 2. The summed E-state index contributed by atoms with van der Waals surface area (Å²) >= 11 is 0. The van der Waals surface area contributed by atoms with Crippen molar-refractivity contribution in [2.24, 2.45) is 0 Å². The standard InChI is InChI=1S/C32H26FN11O9/c1-51-25-13-18(32(49)50)23(36-30(46)21-5-7-28-39-41-42-44(28)40-21)15-26(25)53-11-3-2-10-52-24-14-22(17(31(47)48)12-19(24)33)35-29(45)20-4-6-27(38-37-20)43-9-8-34-16-43/h4-9,12-16H,2-3,10-11H2,1H3,(H,35,45)(H,36,46)(H,47,48)(H,49,50). The van der Waals surface area contributed by atoms with Gasteiger partial charge in [0.1, 0.15) is 6.33 Å². The summed E-state index contributed by atoms with van der Waals surface area (Å²) in [6, 6.07) is 10.00. The highest BCUT2D eigenvalue weighted by molar-refractivity contribution is 6.08. The number of halogens is 1. The Bertz CT molecular complexity index is 2320. The van der Waals surface area contributed by atoms with E-state index in [0.29, 0.717) is 24.3 Å². The van der Waals surface area contributed by atoms with Crippen molar-refractivity contribution in [1.82, 2.24) is 45.0 Å². The lowest BCUT2D eigenvalue weighted by Crippen LogP contribution is -2.18. The number of imidazole rings is 1. The number of carboxylic acids is 2. The molecule has 53 heavy (non-hydrogen) atoms. The number of rotatable bonds is 15. The first-order valence-electron chi connectivity index (χ1n) is 15.4. The minimum Gasteiger partial charge on any atom is -0.493 e. The third kappa shape index (κ3) is 8.09. The highest BCUT2D eigenvalue weighted by Gasteiger charge is 2.22. The molecule has 0 unspecified atom stereocenters. The summed E-state index contributed by atoms with van der Waals surface area (Å²) in [6.45, 7) is 0.0375. The Balaban J connectivity index is 1.06. The van der Waals surface area contributed by atoms with Gasteiger partial charge in [-0.05, 0) is 53.6 Å². The predicted octanol–water partition coefficient (Wildman–Crippen LogP) is 2.78. The molecule has 4 aromatic heterocycles. The van der Waals surface area contributed by atoms with Crippen LogP contribution < -0.4 is 24.8 Å². The number of carboxylic acid groups (broad SMARTS) is 2. The number of amides is 2. The Morgan fingerprint density at radius 1 is 0.792 bits per heavy atom. The maximum absolute atomic E-state index is 14.8. The molecule has 0 saturated heterocycles. The lowest BCUT2D eigenvalue weighted by molar-refractivity contribution is 0.0686. The number of tetrazole rings is 1. The largest absolute Gasteiger partial charge is 0.493 e. The van der Waals surface area contributed by atoms with E-state index in [-0.39, 0.29) is 58.8 Å². The molecule has 6 aromatic rings. The van der Waals surface area contributed by atoms with Crippen molar-refractivity contribution >= 4 is 40.8 Å². The monoisotopic (exact) mass is 727 g/mol. The summed E-state index contributed by atoms with van der Waals surface area (Å²) in [5.41, 5.74) is -1.02. The van der Waals surface area contributed by atoms with Crippen molar-refractivity contribution in [3.05, 3.63) is 95.6 Å². The van der Waals surface area contributed by atoms with Crippen molar-refractivity contribution < 1.29 is 48.0 Å². The average molecular weight is 728 g/mol. The fourth-order valence-corrected chi connectivity index (χ4v) is 4.75. The molecule has 2 amide bonds. The zero-order valence-corrected chi connectivity index (χ0v) is 27.3. The van der Waals surface area contributed by atoms with E-state index in [1.54, 1.807) is 17.0 Å². The summed E-state index contributed by atoms with van der Waals surface area (Å²) in [6.07, 6.45) is 5.35. The Morgan fingerprint density at radius 2 is 1.45 bits per heavy atom. The summed E-state index contributed by atoms with van der Waals surface area (Å²) in [5, 5.41) is 46.9. The summed E-state index contributed by atoms with van der Waals surface area (Å²) < 4.78 is 34.1. The SMILES string of the molecule is COc1cc(C(=O)O)c(NC(=O)c2ccc3nnnn3n2)cc1OCCCCOc1cc(NC(=O)c2ccc(-n3ccnc3)nn2)c(C(=O)O)cc1F. The number of ether oxygens (including phenoxy) is 3. The van der Waals surface area contributed by atoms with Crippen LogP contribution in [0.1, 0.15) is 54.5 Å². The van der Waals surface area contributed by atoms with Crippen LogP contribution in [0.25, 0.3) is 11.5 Å². The Hall–Kier alpha value is -7.58. The van der Waals surface area contributed by atoms with Crippen LogP contribution in [0.4, 0.5) is 15.8 Å². The minimum atomic E-state index is -1.48. The van der Waals surface area contributed by atoms with Gasteiger partial charge < -0.3 is 35.1 Å². The molecular formula is C32H26FN11O9. The molecule has 0 saturated carbocycles. The highest BCUT2D eigenvalue weighted by Crippen LogP contribution is 2.34. The number of hydrogen-bond acceptors (Lipinski definition) is 14. The van der Waals surface area contributed by atoms with Gasteiger partial charge in [-0.3, -0.25) is 14.2 Å². The molecule has 21 heteroatoms. The van der Waals surface area contributed by atoms with E-state index in [0.717, 1.165) is 16.8 Å². The van der Waals surface area contributed by atoms with Crippen LogP contribution in [-0.2, 0) is 0 Å². The Labute approximate surface area is 296 Å². The molecule has 2 aromatic carbocycles. The first-order valence-corrected chi connectivity index (χ1v) is 15.4. The third-order valence-electron chi connectivity index (χ3n) is 7.34. The lowest BCUT2D eigenvalue weighted by atomic mass is 10.1. The van der Waals surface area contributed by atoms with Gasteiger partial charge in [0, 0.05) is 30.6 Å². The van der Waals surface area contributed by atoms with Gasteiger partial charge in [0.15, 0.2) is 45.9 Å². The molecule has 0 spiro atoms. The van der Waals surface area contributed by atoms with E-state index in [2.05, 4.69) is 46.4 Å². The van der Waals surface area contributed by atoms with E-state index in [9.17, 15) is 33.8 Å². The van der Waals surface area contributed by atoms with Crippen molar-refractivity contribution in [2.75, 3.05) is 31.0 Å². The molecule has 6 rings (SSSR count). The zero-order chi connectivity index (χ0) is 37.5. The topological polar surface area (TPSA) is 260 Å². The number of unbranched alkanes of at least 4 members (excludes halogenated alkanes) is 1. The second-order valence-electron chi connectivity index (χ2n) is 10.8. The van der Waals surface area contributed by atoms with Gasteiger partial charge in [-0.25, -0.2) is 19.0 Å². The van der Waals surface area contributed by atoms with Gasteiger partial charge in [-0.1, -0.05) is 0 Å². The predicted molar refractivity (Wildman–Crippen MR) is 177 cm³/mol. The fraction of sp³-hybridized carbons (Fsp3) is 0.156. The molecular weight excluding hydrogens is 701 g/mol. The summed E-state index contributed by atoms with van der Waals surface area (Å²) in [4.78, 5) is 53.5. The quantitative estimate of drug-likeness (QED) is 0.111. The van der Waals surface area contributed by atoms with Crippen molar-refractivity contribution in [1.29, 1.82) is 0 Å². The van der Waals surface area contributed by atoms with E-state index >= 15 is 0 Å². The van der Waals surface area contributed by atoms with Gasteiger partial charge in [0.2, 0.25) is 0 Å². The van der Waals surface area contributed by atoms with Crippen molar-refractivity contribution in [2.45, 2.75) is 12.8 Å². The van der Waals surface area contributed by atoms with Gasteiger partial charge in [0.25, 0.3) is 11.8 Å². The second-order valence-corrected chi connectivity index (χ2v) is 10.8. The molecule has 4 N–H and O–H groups in total. The highest BCUT2D eigenvalue weighted by atomic mass is 19.1. The van der Waals surface area contributed by atoms with Crippen molar-refractivity contribution in [3.8, 4) is 23.1 Å². The van der Waals surface area contributed by atoms with E-state index in [4.69, 9.17) is 14.2 Å². The lowest BCUT2D eigenvalue weighted by Gasteiger charge is -2.15. The molecule has 0 atom stereocenters. The number of nitrogens with zero attached hydrogens (tertiary/aromatic N) is 9. The number of aromatic carboxylic acids is 2. The van der Waals surface area contributed by atoms with Crippen LogP contribution in [0.15, 0.2) is 67.3 Å². The molecule has 0 radical (unpaired) electrons. The fourth-order valence-electron chi connectivity index (χ4n) is 4.75. The van der Waals surface area contributed by atoms with Crippen LogP contribution in [0.3, 0.4) is 0 Å². The summed E-state index contributed by atoms with van der Waals surface area (Å²) in [7, 11) is 1.32. The van der Waals surface area contributed by atoms with E-state index < -0.39 is 35.1 Å². The van der Waals surface area contributed by atoms with Gasteiger partial charge in [0.05, 0.1) is 42.8 Å². The van der Waals surface area contributed by atoms with Gasteiger partial charge in [-0.2, -0.15) is 0 Å². The molecule has 0 aliphatic carbocycles. The van der Waals surface area contributed by atoms with Crippen molar-refractivity contribution in [3.63, 3.8) is 0 Å². The molecule has 4 heterocycles. The first-order chi connectivity index (χ1) is 25.6. The normalized spacial score (nSPS) is 10.8. The Kier molecular flexibility index (Phi) is 10.3. The van der Waals surface area contributed by atoms with Crippen LogP contribution in [0.5, 0.6) is 17.2 Å². The minimum absolute atomic E-state index is 0.0314. The summed E-state index contributed by atoms with van der Waals surface area (Å²) in [5.74, 6) is -5.03.